The number of rotatable bonds is 3. The number of fused-ring (bicyclic) bond motifs is 3. The van der Waals surface area contributed by atoms with Gasteiger partial charge in [-0.25, -0.2) is 0 Å². The lowest BCUT2D eigenvalue weighted by molar-refractivity contribution is 0.414. The average Bonchev–Trinajstić information content (AvgIpc) is 3.00. The van der Waals surface area contributed by atoms with Crippen LogP contribution in [-0.4, -0.2) is 18.5 Å². The first kappa shape index (κ1) is 15.6. The fourth-order valence-electron chi connectivity index (χ4n) is 3.71. The van der Waals surface area contributed by atoms with Gasteiger partial charge in [0, 0.05) is 22.5 Å². The van der Waals surface area contributed by atoms with Crippen LogP contribution >= 0.6 is 0 Å². The highest BCUT2D eigenvalue weighted by molar-refractivity contribution is 6.19. The van der Waals surface area contributed by atoms with Crippen molar-refractivity contribution in [1.29, 1.82) is 0 Å². The summed E-state index contributed by atoms with van der Waals surface area (Å²) in [5, 5.41) is 0. The molecule has 0 spiro atoms. The number of hydrogen-bond acceptors (Lipinski definition) is 3. The molecule has 0 bridgehead atoms. The Morgan fingerprint density at radius 1 is 1.08 bits per heavy atom. The predicted octanol–water partition coefficient (Wildman–Crippen LogP) is 5.30. The van der Waals surface area contributed by atoms with E-state index in [0.717, 1.165) is 39.7 Å². The maximum Gasteiger partial charge on any atom is 0.119 e. The van der Waals surface area contributed by atoms with Crippen molar-refractivity contribution in [2.24, 2.45) is 9.98 Å². The Hall–Kier alpha value is -2.94. The highest BCUT2D eigenvalue weighted by Gasteiger charge is 2.36. The van der Waals surface area contributed by atoms with E-state index in [0.29, 0.717) is 0 Å². The minimum atomic E-state index is 0.111. The van der Waals surface area contributed by atoms with Gasteiger partial charge in [0.15, 0.2) is 0 Å². The van der Waals surface area contributed by atoms with E-state index in [1.807, 2.05) is 24.3 Å². The van der Waals surface area contributed by atoms with Gasteiger partial charge in [-0.2, -0.15) is 0 Å². The molecule has 1 unspecified atom stereocenters. The zero-order valence-electron chi connectivity index (χ0n) is 14.7. The zero-order chi connectivity index (χ0) is 17.6. The van der Waals surface area contributed by atoms with Crippen LogP contribution in [0.2, 0.25) is 0 Å². The van der Waals surface area contributed by atoms with Gasteiger partial charge >= 0.3 is 0 Å². The Bertz CT molecular complexity index is 979. The number of aliphatic imine (C=N–C) groups is 2. The summed E-state index contributed by atoms with van der Waals surface area (Å²) in [4.78, 5) is 9.72. The lowest BCUT2D eigenvalue weighted by atomic mass is 9.80. The highest BCUT2D eigenvalue weighted by atomic mass is 16.5. The van der Waals surface area contributed by atoms with Crippen molar-refractivity contribution in [1.82, 2.24) is 0 Å². The number of methoxy groups -OCH3 is 1. The Kier molecular flexibility index (Phi) is 3.65. The monoisotopic (exact) mass is 328 g/mol. The van der Waals surface area contributed by atoms with E-state index < -0.39 is 0 Å². The maximum absolute atomic E-state index is 5.40. The first-order valence-corrected chi connectivity index (χ1v) is 8.38. The number of ether oxygens (including phenoxy) is 1. The van der Waals surface area contributed by atoms with Crippen LogP contribution in [-0.2, 0) is 0 Å². The maximum atomic E-state index is 5.40. The van der Waals surface area contributed by atoms with Crippen LogP contribution in [0.4, 0.5) is 5.69 Å². The van der Waals surface area contributed by atoms with Gasteiger partial charge in [0.2, 0.25) is 0 Å². The van der Waals surface area contributed by atoms with Crippen LogP contribution in [0.3, 0.4) is 0 Å². The van der Waals surface area contributed by atoms with Crippen molar-refractivity contribution in [3.05, 3.63) is 77.0 Å². The molecule has 2 aliphatic rings. The first-order chi connectivity index (χ1) is 12.1. The second-order valence-corrected chi connectivity index (χ2v) is 6.38. The van der Waals surface area contributed by atoms with Gasteiger partial charge < -0.3 is 4.74 Å². The molecule has 0 radical (unpaired) electrons. The molecule has 0 N–H and O–H groups in total. The lowest BCUT2D eigenvalue weighted by Crippen LogP contribution is -2.20. The topological polar surface area (TPSA) is 34.0 Å². The van der Waals surface area contributed by atoms with Crippen molar-refractivity contribution in [2.45, 2.75) is 19.8 Å². The molecule has 124 valence electrons. The van der Waals surface area contributed by atoms with Crippen LogP contribution in [0, 0.1) is 0 Å². The molecule has 0 saturated heterocycles. The smallest absolute Gasteiger partial charge is 0.119 e. The van der Waals surface area contributed by atoms with Crippen molar-refractivity contribution in [2.75, 3.05) is 7.11 Å². The second kappa shape index (κ2) is 5.85. The fraction of sp³-hybridized carbons (Fsp3) is 0.182. The Balaban J connectivity index is 1.91. The van der Waals surface area contributed by atoms with Crippen molar-refractivity contribution in [3.8, 4) is 5.75 Å². The second-order valence-electron chi connectivity index (χ2n) is 6.38. The molecule has 2 aliphatic heterocycles. The van der Waals surface area contributed by atoms with Crippen LogP contribution in [0.1, 0.15) is 36.5 Å². The summed E-state index contributed by atoms with van der Waals surface area (Å²) in [6.45, 7) is 8.04. The Morgan fingerprint density at radius 3 is 2.68 bits per heavy atom. The summed E-state index contributed by atoms with van der Waals surface area (Å²) in [7, 11) is 1.69. The van der Waals surface area contributed by atoms with Crippen LogP contribution in [0.25, 0.3) is 6.08 Å². The molecule has 0 fully saturated rings. The molecule has 4 rings (SSSR count). The largest absolute Gasteiger partial charge is 0.497 e. The predicted molar refractivity (Wildman–Crippen MR) is 104 cm³/mol. The van der Waals surface area contributed by atoms with E-state index in [4.69, 9.17) is 14.7 Å². The standard InChI is InChI=1S/C22H20N2O/c1-5-15-9-10-19-18(11-15)21-20(13(2)23-19)14(3)24-22(21)16-7-6-8-17(12-16)25-4/h5-12,21H,1H2,2-4H3. The molecule has 0 saturated carbocycles. The molecule has 0 aromatic heterocycles. The van der Waals surface area contributed by atoms with Crippen LogP contribution < -0.4 is 4.74 Å². The quantitative estimate of drug-likeness (QED) is 0.752. The molecule has 2 aromatic rings. The van der Waals surface area contributed by atoms with Crippen LogP contribution in [0.5, 0.6) is 5.75 Å². The third kappa shape index (κ3) is 2.43. The van der Waals surface area contributed by atoms with Gasteiger partial charge in [0.1, 0.15) is 5.75 Å². The fourth-order valence-corrected chi connectivity index (χ4v) is 3.71. The van der Waals surface area contributed by atoms with Crippen molar-refractivity contribution in [3.63, 3.8) is 0 Å². The summed E-state index contributed by atoms with van der Waals surface area (Å²) in [5.41, 5.74) is 8.75. The summed E-state index contributed by atoms with van der Waals surface area (Å²) in [6.07, 6.45) is 1.87. The minimum Gasteiger partial charge on any atom is -0.497 e. The third-order valence-electron chi connectivity index (χ3n) is 4.88. The van der Waals surface area contributed by atoms with Gasteiger partial charge in [-0.05, 0) is 49.2 Å². The Morgan fingerprint density at radius 2 is 1.92 bits per heavy atom. The van der Waals surface area contributed by atoms with E-state index in [1.54, 1.807) is 7.11 Å². The zero-order valence-corrected chi connectivity index (χ0v) is 14.7. The van der Waals surface area contributed by atoms with Gasteiger partial charge in [-0.3, -0.25) is 9.98 Å². The van der Waals surface area contributed by atoms with Gasteiger partial charge in [-0.15, -0.1) is 0 Å². The molecule has 3 heteroatoms. The number of allylic oxidation sites excluding steroid dienone is 2. The Labute approximate surface area is 148 Å². The van der Waals surface area contributed by atoms with E-state index in [9.17, 15) is 0 Å². The molecule has 0 amide bonds. The van der Waals surface area contributed by atoms with E-state index in [1.165, 1.54) is 11.1 Å². The minimum absolute atomic E-state index is 0.111. The summed E-state index contributed by atoms with van der Waals surface area (Å²) in [6, 6.07) is 14.4. The lowest BCUT2D eigenvalue weighted by Gasteiger charge is -2.25. The number of nitrogens with zero attached hydrogens (tertiary/aromatic N) is 2. The molecule has 1 atom stereocenters. The number of benzene rings is 2. The SMILES string of the molecule is C=Cc1ccc2c(c1)C1C(c3cccc(OC)c3)=NC(C)=C1C(C)=N2. The number of hydrogen-bond donors (Lipinski definition) is 0. The van der Waals surface area contributed by atoms with Crippen molar-refractivity contribution >= 4 is 23.2 Å². The highest BCUT2D eigenvalue weighted by Crippen LogP contribution is 2.45. The molecule has 0 aliphatic carbocycles. The van der Waals surface area contributed by atoms with Crippen LogP contribution in [0.15, 0.2) is 70.3 Å². The van der Waals surface area contributed by atoms with E-state index >= 15 is 0 Å². The summed E-state index contributed by atoms with van der Waals surface area (Å²) < 4.78 is 5.40. The average molecular weight is 328 g/mol. The molecular formula is C22H20N2O. The summed E-state index contributed by atoms with van der Waals surface area (Å²) in [5.74, 6) is 0.951. The van der Waals surface area contributed by atoms with Gasteiger partial charge in [0.25, 0.3) is 0 Å². The molecule has 25 heavy (non-hydrogen) atoms. The van der Waals surface area contributed by atoms with E-state index in [-0.39, 0.29) is 5.92 Å². The van der Waals surface area contributed by atoms with E-state index in [2.05, 4.69) is 44.7 Å². The normalized spacial score (nSPS) is 18.3. The first-order valence-electron chi connectivity index (χ1n) is 8.38. The molecule has 2 heterocycles. The third-order valence-corrected chi connectivity index (χ3v) is 4.88. The molecule has 3 nitrogen and oxygen atoms in total. The van der Waals surface area contributed by atoms with Crippen molar-refractivity contribution < 1.29 is 4.74 Å². The molecular weight excluding hydrogens is 308 g/mol. The van der Waals surface area contributed by atoms with Gasteiger partial charge in [-0.1, -0.05) is 30.9 Å². The molecule has 2 aromatic carbocycles. The summed E-state index contributed by atoms with van der Waals surface area (Å²) >= 11 is 0. The van der Waals surface area contributed by atoms with Gasteiger partial charge in [0.05, 0.1) is 24.4 Å².